The number of rotatable bonds is 6. The molecular weight excluding hydrogens is 276 g/mol. The lowest BCUT2D eigenvalue weighted by molar-refractivity contribution is -0.0253. The largest absolute Gasteiger partial charge is 0.374 e. The molecule has 118 valence electrons. The lowest BCUT2D eigenvalue weighted by Crippen LogP contribution is -2.46. The molecule has 0 aliphatic carbocycles. The zero-order valence-corrected chi connectivity index (χ0v) is 13.1. The van der Waals surface area contributed by atoms with Crippen LogP contribution in [-0.4, -0.2) is 53.3 Å². The number of nitrogens with one attached hydrogen (secondary N) is 1. The molecule has 1 atom stereocenters. The van der Waals surface area contributed by atoms with E-state index in [9.17, 15) is 0 Å². The lowest BCUT2D eigenvalue weighted by atomic mass is 10.2. The van der Waals surface area contributed by atoms with Crippen LogP contribution in [0.25, 0.3) is 5.69 Å². The molecule has 3 rings (SSSR count). The fourth-order valence-electron chi connectivity index (χ4n) is 2.77. The Morgan fingerprint density at radius 2 is 2.18 bits per heavy atom. The predicted molar refractivity (Wildman–Crippen MR) is 87.1 cm³/mol. The highest BCUT2D eigenvalue weighted by Gasteiger charge is 2.18. The first-order chi connectivity index (χ1) is 10.8. The summed E-state index contributed by atoms with van der Waals surface area (Å²) in [4.78, 5) is 6.51. The average Bonchev–Trinajstić information content (AvgIpc) is 3.10. The van der Waals surface area contributed by atoms with Crippen molar-refractivity contribution in [2.45, 2.75) is 19.6 Å². The van der Waals surface area contributed by atoms with Gasteiger partial charge < -0.3 is 14.6 Å². The van der Waals surface area contributed by atoms with Gasteiger partial charge in [0.05, 0.1) is 19.0 Å². The van der Waals surface area contributed by atoms with E-state index in [1.807, 2.05) is 17.1 Å². The van der Waals surface area contributed by atoms with Crippen molar-refractivity contribution >= 4 is 0 Å². The van der Waals surface area contributed by atoms with Crippen molar-refractivity contribution in [3.63, 3.8) is 0 Å². The van der Waals surface area contributed by atoms with Gasteiger partial charge in [0, 0.05) is 44.3 Å². The summed E-state index contributed by atoms with van der Waals surface area (Å²) in [6.07, 6.45) is 5.86. The highest BCUT2D eigenvalue weighted by molar-refractivity contribution is 5.34. The SMILES string of the molecule is CCN1CCOC(CNCc2ccc(-n3ccnc3)cc2)C1. The smallest absolute Gasteiger partial charge is 0.0991 e. The van der Waals surface area contributed by atoms with E-state index in [0.29, 0.717) is 6.10 Å². The number of aromatic nitrogens is 2. The normalized spacial score (nSPS) is 19.4. The van der Waals surface area contributed by atoms with Gasteiger partial charge in [0.2, 0.25) is 0 Å². The van der Waals surface area contributed by atoms with Gasteiger partial charge in [-0.15, -0.1) is 0 Å². The van der Waals surface area contributed by atoms with Gasteiger partial charge in [0.15, 0.2) is 0 Å². The van der Waals surface area contributed by atoms with E-state index in [1.54, 1.807) is 6.20 Å². The van der Waals surface area contributed by atoms with Crippen molar-refractivity contribution in [3.8, 4) is 5.69 Å². The Balaban J connectivity index is 1.45. The van der Waals surface area contributed by atoms with Gasteiger partial charge in [-0.2, -0.15) is 0 Å². The molecule has 0 bridgehead atoms. The molecule has 5 heteroatoms. The zero-order valence-electron chi connectivity index (χ0n) is 13.1. The Kier molecular flexibility index (Phi) is 5.21. The van der Waals surface area contributed by atoms with Gasteiger partial charge in [-0.1, -0.05) is 19.1 Å². The van der Waals surface area contributed by atoms with Crippen LogP contribution in [0.4, 0.5) is 0 Å². The van der Waals surface area contributed by atoms with Gasteiger partial charge in [0.25, 0.3) is 0 Å². The fourth-order valence-corrected chi connectivity index (χ4v) is 2.77. The van der Waals surface area contributed by atoms with E-state index in [1.165, 1.54) is 5.56 Å². The monoisotopic (exact) mass is 300 g/mol. The third-order valence-electron chi connectivity index (χ3n) is 4.11. The molecule has 1 aromatic carbocycles. The summed E-state index contributed by atoms with van der Waals surface area (Å²) in [6.45, 7) is 8.02. The minimum Gasteiger partial charge on any atom is -0.374 e. The summed E-state index contributed by atoms with van der Waals surface area (Å²) >= 11 is 0. The van der Waals surface area contributed by atoms with Crippen LogP contribution in [0.3, 0.4) is 0 Å². The van der Waals surface area contributed by atoms with E-state index in [2.05, 4.69) is 46.4 Å². The third kappa shape index (κ3) is 3.94. The molecule has 1 aliphatic heterocycles. The molecule has 1 fully saturated rings. The Labute approximate surface area is 131 Å². The van der Waals surface area contributed by atoms with Crippen molar-refractivity contribution in [3.05, 3.63) is 48.5 Å². The number of ether oxygens (including phenoxy) is 1. The number of imidazole rings is 1. The van der Waals surface area contributed by atoms with E-state index in [4.69, 9.17) is 4.74 Å². The summed E-state index contributed by atoms with van der Waals surface area (Å²) < 4.78 is 7.81. The van der Waals surface area contributed by atoms with E-state index < -0.39 is 0 Å². The van der Waals surface area contributed by atoms with E-state index >= 15 is 0 Å². The first-order valence-electron chi connectivity index (χ1n) is 7.97. The maximum Gasteiger partial charge on any atom is 0.0991 e. The maximum absolute atomic E-state index is 5.80. The Hall–Kier alpha value is -1.69. The second kappa shape index (κ2) is 7.54. The highest BCUT2D eigenvalue weighted by Crippen LogP contribution is 2.09. The third-order valence-corrected chi connectivity index (χ3v) is 4.11. The van der Waals surface area contributed by atoms with Crippen LogP contribution in [-0.2, 0) is 11.3 Å². The number of hydrogen-bond donors (Lipinski definition) is 1. The highest BCUT2D eigenvalue weighted by atomic mass is 16.5. The van der Waals surface area contributed by atoms with Crippen molar-refractivity contribution in [2.75, 3.05) is 32.8 Å². The Morgan fingerprint density at radius 3 is 2.91 bits per heavy atom. The van der Waals surface area contributed by atoms with Crippen LogP contribution >= 0.6 is 0 Å². The van der Waals surface area contributed by atoms with Crippen molar-refractivity contribution < 1.29 is 4.74 Å². The van der Waals surface area contributed by atoms with Crippen LogP contribution in [0.2, 0.25) is 0 Å². The molecule has 1 aliphatic rings. The van der Waals surface area contributed by atoms with Crippen molar-refractivity contribution in [1.82, 2.24) is 19.8 Å². The molecule has 1 aromatic heterocycles. The molecule has 2 aromatic rings. The van der Waals surface area contributed by atoms with Crippen LogP contribution in [0.1, 0.15) is 12.5 Å². The molecule has 22 heavy (non-hydrogen) atoms. The minimum atomic E-state index is 0.305. The minimum absolute atomic E-state index is 0.305. The summed E-state index contributed by atoms with van der Waals surface area (Å²) in [7, 11) is 0. The number of morpholine rings is 1. The van der Waals surface area contributed by atoms with Gasteiger partial charge in [-0.05, 0) is 24.2 Å². The standard InChI is InChI=1S/C17H24N4O/c1-2-20-9-10-22-17(13-20)12-19-11-15-3-5-16(6-4-15)21-8-7-18-14-21/h3-8,14,17,19H,2,9-13H2,1H3. The summed E-state index contributed by atoms with van der Waals surface area (Å²) in [5.74, 6) is 0. The first kappa shape index (κ1) is 15.2. The average molecular weight is 300 g/mol. The van der Waals surface area contributed by atoms with Crippen LogP contribution in [0.15, 0.2) is 43.0 Å². The maximum atomic E-state index is 5.80. The number of benzene rings is 1. The lowest BCUT2D eigenvalue weighted by Gasteiger charge is -2.32. The molecule has 0 radical (unpaired) electrons. The van der Waals surface area contributed by atoms with E-state index in [-0.39, 0.29) is 0 Å². The molecule has 0 saturated carbocycles. The van der Waals surface area contributed by atoms with Gasteiger partial charge in [-0.25, -0.2) is 4.98 Å². The second-order valence-corrected chi connectivity index (χ2v) is 5.65. The van der Waals surface area contributed by atoms with Crippen molar-refractivity contribution in [1.29, 1.82) is 0 Å². The molecule has 5 nitrogen and oxygen atoms in total. The van der Waals surface area contributed by atoms with Gasteiger partial charge >= 0.3 is 0 Å². The zero-order chi connectivity index (χ0) is 15.2. The van der Waals surface area contributed by atoms with Gasteiger partial charge in [-0.3, -0.25) is 4.90 Å². The summed E-state index contributed by atoms with van der Waals surface area (Å²) in [6, 6.07) is 8.55. The van der Waals surface area contributed by atoms with Crippen LogP contribution in [0, 0.1) is 0 Å². The quantitative estimate of drug-likeness (QED) is 0.881. The molecule has 2 heterocycles. The number of nitrogens with zero attached hydrogens (tertiary/aromatic N) is 3. The van der Waals surface area contributed by atoms with Crippen LogP contribution in [0.5, 0.6) is 0 Å². The predicted octanol–water partition coefficient (Wildman–Crippen LogP) is 1.68. The summed E-state index contributed by atoms with van der Waals surface area (Å²) in [5.41, 5.74) is 2.42. The molecule has 1 saturated heterocycles. The molecule has 0 spiro atoms. The number of likely N-dealkylation sites (N-methyl/N-ethyl adjacent to an activating group) is 1. The van der Waals surface area contributed by atoms with Crippen LogP contribution < -0.4 is 5.32 Å². The molecule has 1 N–H and O–H groups in total. The Bertz CT molecular complexity index is 553. The summed E-state index contributed by atoms with van der Waals surface area (Å²) in [5, 5.41) is 3.50. The van der Waals surface area contributed by atoms with E-state index in [0.717, 1.165) is 45.0 Å². The molecular formula is C17H24N4O. The second-order valence-electron chi connectivity index (χ2n) is 5.65. The topological polar surface area (TPSA) is 42.3 Å². The number of hydrogen-bond acceptors (Lipinski definition) is 4. The van der Waals surface area contributed by atoms with Gasteiger partial charge in [0.1, 0.15) is 0 Å². The van der Waals surface area contributed by atoms with Crippen molar-refractivity contribution in [2.24, 2.45) is 0 Å². The first-order valence-corrected chi connectivity index (χ1v) is 7.97. The fraction of sp³-hybridized carbons (Fsp3) is 0.471. The Morgan fingerprint density at radius 1 is 1.32 bits per heavy atom. The molecule has 0 amide bonds. The molecule has 1 unspecified atom stereocenters.